The number of ether oxygens (including phenoxy) is 2. The van der Waals surface area contributed by atoms with E-state index in [2.05, 4.69) is 4.98 Å². The number of hydrogen-bond donors (Lipinski definition) is 2. The summed E-state index contributed by atoms with van der Waals surface area (Å²) in [5.41, 5.74) is 2.70. The molecule has 0 saturated heterocycles. The Labute approximate surface area is 179 Å². The predicted molar refractivity (Wildman–Crippen MR) is 116 cm³/mol. The van der Waals surface area contributed by atoms with E-state index >= 15 is 0 Å². The normalized spacial score (nSPS) is 10.7. The van der Waals surface area contributed by atoms with Crippen LogP contribution in [-0.2, 0) is 19.8 Å². The molecular formula is C25H21NO5. The largest absolute Gasteiger partial charge is 0.485 e. The fourth-order valence-corrected chi connectivity index (χ4v) is 3.24. The monoisotopic (exact) mass is 415 g/mol. The number of hydrogen-bond acceptors (Lipinski definition) is 5. The van der Waals surface area contributed by atoms with Crippen molar-refractivity contribution in [2.75, 3.05) is 0 Å². The number of fused-ring (bicyclic) bond motifs is 1. The first-order valence-corrected chi connectivity index (χ1v) is 9.79. The molecule has 1 aromatic heterocycles. The van der Waals surface area contributed by atoms with Crippen LogP contribution >= 0.6 is 0 Å². The van der Waals surface area contributed by atoms with Crippen molar-refractivity contribution < 1.29 is 24.5 Å². The predicted octanol–water partition coefficient (Wildman–Crippen LogP) is 4.58. The van der Waals surface area contributed by atoms with Crippen molar-refractivity contribution in [2.24, 2.45) is 0 Å². The highest BCUT2D eigenvalue weighted by Gasteiger charge is 2.17. The van der Waals surface area contributed by atoms with Gasteiger partial charge in [0.15, 0.2) is 11.5 Å². The maximum Gasteiger partial charge on any atom is 0.336 e. The Balaban J connectivity index is 1.74. The third-order valence-corrected chi connectivity index (χ3v) is 4.79. The van der Waals surface area contributed by atoms with Gasteiger partial charge in [0.2, 0.25) is 0 Å². The number of carboxylic acids is 1. The van der Waals surface area contributed by atoms with Crippen molar-refractivity contribution >= 4 is 16.9 Å². The van der Waals surface area contributed by atoms with Crippen LogP contribution in [0, 0.1) is 0 Å². The molecule has 0 spiro atoms. The summed E-state index contributed by atoms with van der Waals surface area (Å²) in [5, 5.41) is 19.5. The van der Waals surface area contributed by atoms with Crippen molar-refractivity contribution in [1.29, 1.82) is 0 Å². The van der Waals surface area contributed by atoms with E-state index in [-0.39, 0.29) is 17.9 Å². The van der Waals surface area contributed by atoms with Gasteiger partial charge in [-0.2, -0.15) is 0 Å². The van der Waals surface area contributed by atoms with Crippen LogP contribution in [0.2, 0.25) is 0 Å². The Morgan fingerprint density at radius 2 is 1.35 bits per heavy atom. The van der Waals surface area contributed by atoms with E-state index in [4.69, 9.17) is 9.47 Å². The summed E-state index contributed by atoms with van der Waals surface area (Å²) in [7, 11) is 0. The zero-order chi connectivity index (χ0) is 21.6. The van der Waals surface area contributed by atoms with Crippen molar-refractivity contribution in [3.05, 3.63) is 101 Å². The van der Waals surface area contributed by atoms with Crippen LogP contribution in [-0.4, -0.2) is 21.2 Å². The van der Waals surface area contributed by atoms with Gasteiger partial charge in [-0.1, -0.05) is 60.7 Å². The van der Waals surface area contributed by atoms with Crippen molar-refractivity contribution in [1.82, 2.24) is 4.98 Å². The molecule has 156 valence electrons. The molecule has 0 bridgehead atoms. The Kier molecular flexibility index (Phi) is 6.10. The number of aromatic carboxylic acids is 1. The number of rotatable bonds is 8. The van der Waals surface area contributed by atoms with Gasteiger partial charge in [-0.25, -0.2) is 4.79 Å². The van der Waals surface area contributed by atoms with Crippen LogP contribution in [0.5, 0.6) is 11.5 Å². The zero-order valence-corrected chi connectivity index (χ0v) is 16.7. The fourth-order valence-electron chi connectivity index (χ4n) is 3.24. The molecule has 4 rings (SSSR count). The molecule has 0 aliphatic rings. The van der Waals surface area contributed by atoms with Gasteiger partial charge in [0, 0.05) is 11.5 Å². The third kappa shape index (κ3) is 4.82. The second-order valence-electron chi connectivity index (χ2n) is 6.99. The molecular weight excluding hydrogens is 394 g/mol. The topological polar surface area (TPSA) is 88.9 Å². The molecule has 2 N–H and O–H groups in total. The number of aliphatic hydroxyl groups is 1. The average molecular weight is 415 g/mol. The number of pyridine rings is 1. The van der Waals surface area contributed by atoms with Crippen molar-refractivity contribution in [3.8, 4) is 11.5 Å². The number of carboxylic acid groups (broad SMARTS) is 1. The lowest BCUT2D eigenvalue weighted by molar-refractivity contribution is 0.0698. The van der Waals surface area contributed by atoms with Gasteiger partial charge < -0.3 is 19.7 Å². The van der Waals surface area contributed by atoms with E-state index in [0.29, 0.717) is 35.6 Å². The Morgan fingerprint density at radius 3 is 1.87 bits per heavy atom. The lowest BCUT2D eigenvalue weighted by Gasteiger charge is -2.15. The molecule has 0 fully saturated rings. The van der Waals surface area contributed by atoms with Gasteiger partial charge in [-0.3, -0.25) is 4.98 Å². The second-order valence-corrected chi connectivity index (χ2v) is 6.99. The van der Waals surface area contributed by atoms with Crippen LogP contribution in [0.15, 0.2) is 78.9 Å². The first kappa shape index (κ1) is 20.4. The van der Waals surface area contributed by atoms with E-state index in [0.717, 1.165) is 11.1 Å². The quantitative estimate of drug-likeness (QED) is 0.438. The lowest BCUT2D eigenvalue weighted by atomic mass is 10.1. The Morgan fingerprint density at radius 1 is 0.806 bits per heavy atom. The van der Waals surface area contributed by atoms with Crippen LogP contribution in [0.1, 0.15) is 27.2 Å². The number of carbonyl (C=O) groups is 1. The van der Waals surface area contributed by atoms with Gasteiger partial charge in [0.25, 0.3) is 0 Å². The highest BCUT2D eigenvalue weighted by Crippen LogP contribution is 2.35. The molecule has 31 heavy (non-hydrogen) atoms. The first-order valence-electron chi connectivity index (χ1n) is 9.79. The number of benzene rings is 3. The number of nitrogens with zero attached hydrogens (tertiary/aromatic N) is 1. The summed E-state index contributed by atoms with van der Waals surface area (Å²) in [6.45, 7) is 0.265. The maximum atomic E-state index is 11.8. The van der Waals surface area contributed by atoms with Crippen LogP contribution in [0.4, 0.5) is 0 Å². The molecule has 0 radical (unpaired) electrons. The van der Waals surface area contributed by atoms with E-state index in [1.54, 1.807) is 12.1 Å². The smallest absolute Gasteiger partial charge is 0.336 e. The maximum absolute atomic E-state index is 11.8. The van der Waals surface area contributed by atoms with Crippen molar-refractivity contribution in [3.63, 3.8) is 0 Å². The summed E-state index contributed by atoms with van der Waals surface area (Å²) >= 11 is 0. The van der Waals surface area contributed by atoms with Crippen LogP contribution < -0.4 is 9.47 Å². The third-order valence-electron chi connectivity index (χ3n) is 4.79. The first-order chi connectivity index (χ1) is 15.1. The SMILES string of the molecule is O=C(O)c1cc(CO)nc2cc(OCc3ccccc3)c(OCc3ccccc3)cc12. The number of aliphatic hydroxyl groups excluding tert-OH is 1. The van der Waals surface area contributed by atoms with Gasteiger partial charge in [0.1, 0.15) is 13.2 Å². The van der Waals surface area contributed by atoms with Gasteiger partial charge >= 0.3 is 5.97 Å². The minimum atomic E-state index is -1.10. The van der Waals surface area contributed by atoms with Gasteiger partial charge in [0.05, 0.1) is 23.4 Å². The van der Waals surface area contributed by atoms with Gasteiger partial charge in [-0.15, -0.1) is 0 Å². The summed E-state index contributed by atoms with van der Waals surface area (Å²) in [4.78, 5) is 16.2. The molecule has 0 aliphatic heterocycles. The van der Waals surface area contributed by atoms with Crippen LogP contribution in [0.25, 0.3) is 10.9 Å². The highest BCUT2D eigenvalue weighted by atomic mass is 16.5. The molecule has 3 aromatic carbocycles. The molecule has 0 saturated carbocycles. The summed E-state index contributed by atoms with van der Waals surface area (Å²) in [6, 6.07) is 24.0. The van der Waals surface area contributed by atoms with Crippen LogP contribution in [0.3, 0.4) is 0 Å². The minimum absolute atomic E-state index is 0.0493. The van der Waals surface area contributed by atoms with E-state index in [1.165, 1.54) is 6.07 Å². The molecule has 0 atom stereocenters. The molecule has 4 aromatic rings. The number of aromatic nitrogens is 1. The zero-order valence-electron chi connectivity index (χ0n) is 16.7. The summed E-state index contributed by atoms with van der Waals surface area (Å²) in [6.07, 6.45) is 0. The molecule has 1 heterocycles. The lowest BCUT2D eigenvalue weighted by Crippen LogP contribution is -2.05. The Hall–Kier alpha value is -3.90. The van der Waals surface area contributed by atoms with Gasteiger partial charge in [-0.05, 0) is 23.3 Å². The van der Waals surface area contributed by atoms with E-state index < -0.39 is 5.97 Å². The Bertz CT molecular complexity index is 1190. The molecule has 6 nitrogen and oxygen atoms in total. The molecule has 0 amide bonds. The summed E-state index contributed by atoms with van der Waals surface area (Å²) in [5.74, 6) is -0.228. The van der Waals surface area contributed by atoms with E-state index in [1.807, 2.05) is 60.7 Å². The fraction of sp³-hybridized carbons (Fsp3) is 0.120. The van der Waals surface area contributed by atoms with Crippen molar-refractivity contribution in [2.45, 2.75) is 19.8 Å². The standard InChI is InChI=1S/C25H21NO5/c27-14-19-11-21(25(28)29)20-12-23(30-15-17-7-3-1-4-8-17)24(13-22(20)26-19)31-16-18-9-5-2-6-10-18/h1-13,27H,14-16H2,(H,28,29). The molecule has 0 aliphatic carbocycles. The van der Waals surface area contributed by atoms with E-state index in [9.17, 15) is 15.0 Å². The molecule has 0 unspecified atom stereocenters. The minimum Gasteiger partial charge on any atom is -0.485 e. The summed E-state index contributed by atoms with van der Waals surface area (Å²) < 4.78 is 12.0. The second kappa shape index (κ2) is 9.28. The average Bonchev–Trinajstić information content (AvgIpc) is 2.81. The highest BCUT2D eigenvalue weighted by molar-refractivity contribution is 6.03. The molecule has 6 heteroatoms.